The summed E-state index contributed by atoms with van der Waals surface area (Å²) in [6.07, 6.45) is 3.36. The molecule has 4 aromatic carbocycles. The molecular weight excluding hydrogens is 526 g/mol. The Balaban J connectivity index is 0.000000169. The van der Waals surface area contributed by atoms with E-state index in [2.05, 4.69) is 46.1 Å². The fourth-order valence-electron chi connectivity index (χ4n) is 4.24. The molecule has 0 aliphatic carbocycles. The van der Waals surface area contributed by atoms with Crippen LogP contribution in [0, 0.1) is 6.92 Å². The lowest BCUT2D eigenvalue weighted by Gasteiger charge is -2.11. The maximum atomic E-state index is 5.61. The van der Waals surface area contributed by atoms with Gasteiger partial charge in [0.15, 0.2) is 0 Å². The molecule has 0 spiro atoms. The fraction of sp³-hybridized carbons (Fsp3) is 0.143. The number of anilines is 1. The molecule has 0 amide bonds. The Morgan fingerprint density at radius 3 is 1.45 bits per heavy atom. The summed E-state index contributed by atoms with van der Waals surface area (Å²) in [5, 5.41) is 0. The first-order chi connectivity index (χ1) is 20.4. The van der Waals surface area contributed by atoms with Crippen molar-refractivity contribution in [3.63, 3.8) is 0 Å². The number of aromatic nitrogens is 2. The topological polar surface area (TPSA) is 73.8 Å². The summed E-state index contributed by atoms with van der Waals surface area (Å²) in [5.41, 5.74) is 7.92. The van der Waals surface area contributed by atoms with Crippen LogP contribution < -0.4 is 14.4 Å². The quantitative estimate of drug-likeness (QED) is 0.194. The number of aryl methyl sites for hydroxylation is 1. The summed E-state index contributed by atoms with van der Waals surface area (Å²) in [5.74, 6) is 2.76. The second-order valence-corrected chi connectivity index (χ2v) is 9.85. The van der Waals surface area contributed by atoms with Crippen LogP contribution in [0.5, 0.6) is 11.5 Å². The summed E-state index contributed by atoms with van der Waals surface area (Å²) in [6.45, 7) is 2.06. The molecule has 6 aromatic rings. The maximum Gasteiger partial charge on any atom is 0.226 e. The summed E-state index contributed by atoms with van der Waals surface area (Å²) >= 11 is 0. The van der Waals surface area contributed by atoms with Crippen LogP contribution >= 0.6 is 0 Å². The molecule has 42 heavy (non-hydrogen) atoms. The molecule has 0 fully saturated rings. The molecule has 0 radical (unpaired) electrons. The van der Waals surface area contributed by atoms with Gasteiger partial charge >= 0.3 is 0 Å². The van der Waals surface area contributed by atoms with Gasteiger partial charge in [-0.1, -0.05) is 54.1 Å². The predicted octanol–water partition coefficient (Wildman–Crippen LogP) is 8.41. The van der Waals surface area contributed by atoms with Crippen molar-refractivity contribution >= 4 is 5.69 Å². The third-order valence-electron chi connectivity index (χ3n) is 6.67. The minimum Gasteiger partial charge on any atom is -0.497 e. The van der Waals surface area contributed by atoms with E-state index in [9.17, 15) is 0 Å². The van der Waals surface area contributed by atoms with Crippen LogP contribution in [0.2, 0.25) is 0 Å². The van der Waals surface area contributed by atoms with Crippen molar-refractivity contribution in [3.05, 3.63) is 115 Å². The normalized spacial score (nSPS) is 10.5. The second kappa shape index (κ2) is 12.9. The summed E-state index contributed by atoms with van der Waals surface area (Å²) < 4.78 is 21.6. The van der Waals surface area contributed by atoms with E-state index >= 15 is 0 Å². The van der Waals surface area contributed by atoms with Gasteiger partial charge < -0.3 is 23.2 Å². The van der Waals surface area contributed by atoms with Crippen LogP contribution in [-0.4, -0.2) is 38.3 Å². The number of benzene rings is 4. The zero-order valence-corrected chi connectivity index (χ0v) is 24.4. The van der Waals surface area contributed by atoms with Crippen LogP contribution in [0.3, 0.4) is 0 Å². The van der Waals surface area contributed by atoms with Gasteiger partial charge in [-0.15, -0.1) is 0 Å². The van der Waals surface area contributed by atoms with Gasteiger partial charge in [0.25, 0.3) is 0 Å². The van der Waals surface area contributed by atoms with E-state index in [-0.39, 0.29) is 0 Å². The maximum absolute atomic E-state index is 5.61. The monoisotopic (exact) mass is 559 g/mol. The number of methoxy groups -OCH3 is 2. The molecular formula is C35H33N3O4. The molecule has 7 nitrogen and oxygen atoms in total. The van der Waals surface area contributed by atoms with Gasteiger partial charge in [-0.3, -0.25) is 0 Å². The van der Waals surface area contributed by atoms with Gasteiger partial charge in [0.05, 0.1) is 14.2 Å². The lowest BCUT2D eigenvalue weighted by Crippen LogP contribution is -2.07. The van der Waals surface area contributed by atoms with E-state index in [1.807, 2.05) is 86.9 Å². The number of hydrogen-bond donors (Lipinski definition) is 0. The number of oxazole rings is 2. The van der Waals surface area contributed by atoms with E-state index < -0.39 is 0 Å². The molecule has 7 heteroatoms. The minimum absolute atomic E-state index is 0.589. The number of hydrogen-bond acceptors (Lipinski definition) is 7. The number of nitrogens with zero attached hydrogens (tertiary/aromatic N) is 3. The Hall–Kier alpha value is -5.30. The third kappa shape index (κ3) is 6.70. The molecule has 212 valence electrons. The second-order valence-electron chi connectivity index (χ2n) is 9.85. The summed E-state index contributed by atoms with van der Waals surface area (Å²) in [6, 6.07) is 31.8. The zero-order valence-electron chi connectivity index (χ0n) is 24.4. The predicted molar refractivity (Wildman–Crippen MR) is 167 cm³/mol. The van der Waals surface area contributed by atoms with Gasteiger partial charge in [-0.2, -0.15) is 0 Å². The van der Waals surface area contributed by atoms with E-state index in [1.54, 1.807) is 26.7 Å². The van der Waals surface area contributed by atoms with Crippen molar-refractivity contribution in [3.8, 4) is 56.9 Å². The molecule has 0 atom stereocenters. The SMILES string of the molecule is COc1cccc(-c2nc(-c3ccc(C)cc3)co2)c1.COc1cccc(-c2nc(-c3ccc(N(C)C)cc3)co2)c1. The molecule has 6 rings (SSSR count). The van der Waals surface area contributed by atoms with Crippen molar-refractivity contribution in [1.29, 1.82) is 0 Å². The highest BCUT2D eigenvalue weighted by molar-refractivity contribution is 5.66. The molecule has 0 bridgehead atoms. The van der Waals surface area contributed by atoms with Gasteiger partial charge in [0.1, 0.15) is 35.4 Å². The highest BCUT2D eigenvalue weighted by atomic mass is 16.5. The van der Waals surface area contributed by atoms with Gasteiger partial charge in [0, 0.05) is 42.0 Å². The zero-order chi connectivity index (χ0) is 29.5. The molecule has 0 saturated carbocycles. The Kier molecular flexibility index (Phi) is 8.68. The van der Waals surface area contributed by atoms with Crippen LogP contribution in [0.25, 0.3) is 45.4 Å². The lowest BCUT2D eigenvalue weighted by molar-refractivity contribution is 0.414. The molecule has 0 unspecified atom stereocenters. The Morgan fingerprint density at radius 2 is 1.02 bits per heavy atom. The molecule has 0 aliphatic rings. The van der Waals surface area contributed by atoms with Crippen LogP contribution in [0.15, 0.2) is 118 Å². The fourth-order valence-corrected chi connectivity index (χ4v) is 4.24. The molecule has 0 aliphatic heterocycles. The van der Waals surface area contributed by atoms with Crippen molar-refractivity contribution in [2.45, 2.75) is 6.92 Å². The smallest absolute Gasteiger partial charge is 0.226 e. The van der Waals surface area contributed by atoms with Crippen molar-refractivity contribution in [2.75, 3.05) is 33.2 Å². The van der Waals surface area contributed by atoms with E-state index in [0.29, 0.717) is 11.8 Å². The first-order valence-corrected chi connectivity index (χ1v) is 13.5. The highest BCUT2D eigenvalue weighted by Crippen LogP contribution is 2.29. The Morgan fingerprint density at radius 1 is 0.571 bits per heavy atom. The van der Waals surface area contributed by atoms with Crippen molar-refractivity contribution in [1.82, 2.24) is 9.97 Å². The number of ether oxygens (including phenoxy) is 2. The highest BCUT2D eigenvalue weighted by Gasteiger charge is 2.10. The standard InChI is InChI=1S/C18H18N2O2.C17H15NO2/c1-20(2)15-9-7-13(8-10-15)17-12-22-18(19-17)14-5-4-6-16(11-14)21-3;1-12-6-8-13(9-7-12)16-11-20-17(18-16)14-4-3-5-15(10-14)19-2/h4-12H,1-3H3;3-11H,1-2H3. The first kappa shape index (κ1) is 28.2. The van der Waals surface area contributed by atoms with Crippen LogP contribution in [0.1, 0.15) is 5.56 Å². The summed E-state index contributed by atoms with van der Waals surface area (Å²) in [7, 11) is 7.33. The van der Waals surface area contributed by atoms with Gasteiger partial charge in [0.2, 0.25) is 11.8 Å². The van der Waals surface area contributed by atoms with Crippen molar-refractivity contribution in [2.24, 2.45) is 0 Å². The largest absolute Gasteiger partial charge is 0.497 e. The average Bonchev–Trinajstić information content (AvgIpc) is 3.73. The van der Waals surface area contributed by atoms with Crippen molar-refractivity contribution < 1.29 is 18.3 Å². The Labute approximate surface area is 246 Å². The first-order valence-electron chi connectivity index (χ1n) is 13.5. The van der Waals surface area contributed by atoms with E-state index in [0.717, 1.165) is 50.8 Å². The van der Waals surface area contributed by atoms with E-state index in [4.69, 9.17) is 18.3 Å². The van der Waals surface area contributed by atoms with Gasteiger partial charge in [-0.05, 0) is 55.5 Å². The number of rotatable bonds is 7. The van der Waals surface area contributed by atoms with Crippen LogP contribution in [0.4, 0.5) is 5.69 Å². The molecule has 2 heterocycles. The lowest BCUT2D eigenvalue weighted by atomic mass is 10.1. The average molecular weight is 560 g/mol. The Bertz CT molecular complexity index is 1740. The summed E-state index contributed by atoms with van der Waals surface area (Å²) in [4.78, 5) is 11.2. The molecule has 2 aromatic heterocycles. The molecule has 0 N–H and O–H groups in total. The molecule has 0 saturated heterocycles. The minimum atomic E-state index is 0.589. The third-order valence-corrected chi connectivity index (χ3v) is 6.67. The van der Waals surface area contributed by atoms with E-state index in [1.165, 1.54) is 5.56 Å². The van der Waals surface area contributed by atoms with Gasteiger partial charge in [-0.25, -0.2) is 9.97 Å². The van der Waals surface area contributed by atoms with Crippen LogP contribution in [-0.2, 0) is 0 Å².